The first-order chi connectivity index (χ1) is 65.6. The van der Waals surface area contributed by atoms with Crippen molar-refractivity contribution < 1.29 is 6.85 Å². The summed E-state index contributed by atoms with van der Waals surface area (Å²) >= 11 is 0. The Balaban J connectivity index is 0.000000107. The third-order valence-electron chi connectivity index (χ3n) is 25.8. The first-order valence-electron chi connectivity index (χ1n) is 46.3. The maximum Gasteiger partial charge on any atom is 0.0733 e. The predicted octanol–water partition coefficient (Wildman–Crippen LogP) is 31.2. The van der Waals surface area contributed by atoms with E-state index in [1.165, 1.54) is 122 Å². The highest BCUT2D eigenvalue weighted by atomic mass is 14.9. The number of anilines is 8. The summed E-state index contributed by atoms with van der Waals surface area (Å²) < 4.78 is 40.6. The first kappa shape index (κ1) is 73.2. The number of para-hydroxylation sites is 5. The summed E-state index contributed by atoms with van der Waals surface area (Å²) in [4.78, 5) is 0. The van der Waals surface area contributed by atoms with E-state index in [2.05, 4.69) is 470 Å². The summed E-state index contributed by atoms with van der Waals surface area (Å²) in [6.07, 6.45) is 0. The third-order valence-corrected chi connectivity index (χ3v) is 25.8. The van der Waals surface area contributed by atoms with Crippen LogP contribution in [0, 0.1) is 0 Å². The van der Waals surface area contributed by atoms with Gasteiger partial charge in [-0.15, -0.1) is 0 Å². The van der Waals surface area contributed by atoms with Gasteiger partial charge in [-0.25, -0.2) is 0 Å². The number of hydrogen-bond acceptors (Lipinski definition) is 4. The van der Waals surface area contributed by atoms with Gasteiger partial charge in [-0.2, -0.15) is 0 Å². The molecule has 0 amide bonds. The number of benzene rings is 20. The second-order valence-corrected chi connectivity index (χ2v) is 32.7. The van der Waals surface area contributed by atoms with E-state index in [-0.39, 0.29) is 40.7 Å². The van der Waals surface area contributed by atoms with Gasteiger partial charge in [-0.3, -0.25) is 0 Å². The average Bonchev–Trinajstić information content (AvgIpc) is 1.56. The highest BCUT2D eigenvalue weighted by Crippen LogP contribution is 2.62. The van der Waals surface area contributed by atoms with Crippen molar-refractivity contribution in [1.29, 1.82) is 0 Å². The Morgan fingerprint density at radius 1 is 0.141 bits per heavy atom. The zero-order chi connectivity index (χ0) is 89.9. The fourth-order valence-corrected chi connectivity index (χ4v) is 20.7. The van der Waals surface area contributed by atoms with Gasteiger partial charge < -0.3 is 21.3 Å². The van der Waals surface area contributed by atoms with E-state index < -0.39 is 16.9 Å². The minimum Gasteiger partial charge on any atom is -0.356 e. The van der Waals surface area contributed by atoms with Crippen LogP contribution in [0.1, 0.15) is 95.9 Å². The Labute approximate surface area is 757 Å². The van der Waals surface area contributed by atoms with Crippen LogP contribution in [0.4, 0.5) is 45.5 Å². The fourth-order valence-electron chi connectivity index (χ4n) is 20.7. The molecule has 20 aromatic rings. The fraction of sp³-hybridized carbons (Fsp3) is 0.0323. The number of nitrogens with one attached hydrogen (secondary N) is 4. The van der Waals surface area contributed by atoms with Crippen LogP contribution in [-0.2, 0) is 21.7 Å². The monoisotopic (exact) mass is 1640 g/mol. The van der Waals surface area contributed by atoms with Crippen molar-refractivity contribution in [2.45, 2.75) is 21.7 Å². The molecule has 0 atom stereocenters. The summed E-state index contributed by atoms with van der Waals surface area (Å²) in [6, 6.07) is 177. The standard InChI is InChI=1S/4C31H23N/c1-3-13-23(14-4-1)31(27-19-9-7-17-25(27)26-18-8-10-20-28(26)31)29-21-11-12-22-30(29)32-24-15-5-2-6-16-24;2*1-3-12-23(13-4-1)31(24-14-11-17-26(22-24)32-25-15-5-2-6-16-25)29-20-9-7-18-27(29)28-19-8-10-21-30(28)31;1-3-11-23(12-4-1)31(24-19-21-26(22-20-24)32-25-13-5-2-6-14-25)29-17-9-7-15-27(29)28-16-8-10-18-30(28)31/h4*1-22,32H/i;2D,5D,6D,15D,16D;;. The van der Waals surface area contributed by atoms with Crippen LogP contribution in [0.25, 0.3) is 44.5 Å². The molecule has 0 radical (unpaired) electrons. The van der Waals surface area contributed by atoms with Gasteiger partial charge in [0.1, 0.15) is 0 Å². The smallest absolute Gasteiger partial charge is 0.0733 e. The van der Waals surface area contributed by atoms with Crippen molar-refractivity contribution in [3.05, 3.63) is 623 Å². The van der Waals surface area contributed by atoms with Crippen LogP contribution in [0.2, 0.25) is 0 Å². The molecule has 24 rings (SSSR count). The molecule has 0 spiro atoms. The second-order valence-electron chi connectivity index (χ2n) is 32.7. The van der Waals surface area contributed by atoms with E-state index in [1.807, 2.05) is 54.6 Å². The van der Waals surface area contributed by atoms with Crippen molar-refractivity contribution in [2.24, 2.45) is 0 Å². The zero-order valence-corrected chi connectivity index (χ0v) is 70.4. The minimum atomic E-state index is -0.577. The molecular weight excluding hydrogens is 1550 g/mol. The topological polar surface area (TPSA) is 48.1 Å². The van der Waals surface area contributed by atoms with Gasteiger partial charge in [0, 0.05) is 45.5 Å². The van der Waals surface area contributed by atoms with Crippen molar-refractivity contribution in [2.75, 3.05) is 21.3 Å². The molecule has 4 heteroatoms. The maximum absolute atomic E-state index is 8.34. The molecule has 608 valence electrons. The van der Waals surface area contributed by atoms with Crippen LogP contribution < -0.4 is 21.3 Å². The molecular formula is C124H92N4. The molecule has 0 saturated carbocycles. The van der Waals surface area contributed by atoms with Crippen LogP contribution in [-0.4, -0.2) is 0 Å². The highest BCUT2D eigenvalue weighted by Gasteiger charge is 2.51. The van der Waals surface area contributed by atoms with Gasteiger partial charge in [0.25, 0.3) is 0 Å². The summed E-state index contributed by atoms with van der Waals surface area (Å²) in [6.45, 7) is 0. The molecule has 0 aromatic heterocycles. The van der Waals surface area contributed by atoms with Gasteiger partial charge >= 0.3 is 0 Å². The van der Waals surface area contributed by atoms with Crippen molar-refractivity contribution in [3.8, 4) is 44.5 Å². The molecule has 0 fully saturated rings. The molecule has 4 N–H and O–H groups in total. The second kappa shape index (κ2) is 34.7. The summed E-state index contributed by atoms with van der Waals surface area (Å²) in [5, 5.41) is 13.9. The van der Waals surface area contributed by atoms with E-state index in [9.17, 15) is 0 Å². The molecule has 0 bridgehead atoms. The van der Waals surface area contributed by atoms with Gasteiger partial charge in [-0.1, -0.05) is 443 Å². The van der Waals surface area contributed by atoms with E-state index in [0.29, 0.717) is 5.69 Å². The van der Waals surface area contributed by atoms with Crippen LogP contribution in [0.5, 0.6) is 0 Å². The van der Waals surface area contributed by atoms with Gasteiger partial charge in [-0.05, 0) is 224 Å². The molecule has 20 aromatic carbocycles. The summed E-state index contributed by atoms with van der Waals surface area (Å²) in [5.74, 6) is 0. The normalized spacial score (nSPS) is 13.8. The van der Waals surface area contributed by atoms with Crippen LogP contribution in [0.3, 0.4) is 0 Å². The molecule has 4 aliphatic rings. The molecule has 0 unspecified atom stereocenters. The first-order valence-corrected chi connectivity index (χ1v) is 43.8. The number of fused-ring (bicyclic) bond motifs is 12. The van der Waals surface area contributed by atoms with Crippen molar-refractivity contribution in [1.82, 2.24) is 0 Å². The van der Waals surface area contributed by atoms with Gasteiger partial charge in [0.2, 0.25) is 0 Å². The summed E-state index contributed by atoms with van der Waals surface area (Å²) in [7, 11) is 0. The maximum atomic E-state index is 8.34. The quantitative estimate of drug-likeness (QED) is 0.0779. The van der Waals surface area contributed by atoms with Gasteiger partial charge in [0.05, 0.1) is 28.5 Å². The SMILES string of the molecule is [2H]c1c([2H])c([2H])c(Nc2cccc(C3(c4ccccc4)c4ccccc4-c4ccccc43)c2)c([2H])c1[2H].c1ccc(Nc2ccc(C3(c4ccccc4)c4ccccc4-c4ccccc43)cc2)cc1.c1ccc(Nc2cccc(C3(c4ccccc4)c4ccccc4-c4ccccc43)c2)cc1.c1ccc(Nc2ccccc2C2(c3ccccc3)c3ccccc3-c3ccccc32)cc1. The molecule has 0 aliphatic heterocycles. The third kappa shape index (κ3) is 13.9. The lowest BCUT2D eigenvalue weighted by Gasteiger charge is -2.35. The number of rotatable bonds is 16. The molecule has 4 nitrogen and oxygen atoms in total. The van der Waals surface area contributed by atoms with E-state index in [4.69, 9.17) is 6.85 Å². The average molecular weight is 1640 g/mol. The van der Waals surface area contributed by atoms with Crippen molar-refractivity contribution >= 4 is 45.5 Å². The highest BCUT2D eigenvalue weighted by molar-refractivity contribution is 5.92. The Morgan fingerprint density at radius 2 is 0.352 bits per heavy atom. The van der Waals surface area contributed by atoms with Crippen LogP contribution in [0.15, 0.2) is 534 Å². The number of hydrogen-bond donors (Lipinski definition) is 4. The lowest BCUT2D eigenvalue weighted by Crippen LogP contribution is -2.29. The molecule has 128 heavy (non-hydrogen) atoms. The molecule has 0 heterocycles. The molecule has 4 aliphatic carbocycles. The van der Waals surface area contributed by atoms with E-state index in [0.717, 1.165) is 45.3 Å². The Kier molecular flexibility index (Phi) is 19.8. The van der Waals surface area contributed by atoms with E-state index in [1.54, 1.807) is 0 Å². The Hall–Kier alpha value is -16.4. The predicted molar refractivity (Wildman–Crippen MR) is 534 cm³/mol. The lowest BCUT2D eigenvalue weighted by molar-refractivity contribution is 0.768. The Bertz CT molecular complexity index is 7420. The zero-order valence-electron chi connectivity index (χ0n) is 75.4. The summed E-state index contributed by atoms with van der Waals surface area (Å²) in [5.41, 5.74) is 36.0. The van der Waals surface area contributed by atoms with Crippen LogP contribution >= 0.6 is 0 Å². The largest absolute Gasteiger partial charge is 0.356 e. The Morgan fingerprint density at radius 3 is 0.680 bits per heavy atom. The van der Waals surface area contributed by atoms with Crippen molar-refractivity contribution in [3.63, 3.8) is 0 Å². The van der Waals surface area contributed by atoms with E-state index >= 15 is 0 Å². The lowest BCUT2D eigenvalue weighted by atomic mass is 9.67. The molecule has 0 saturated heterocycles. The minimum absolute atomic E-state index is 0.0594. The van der Waals surface area contributed by atoms with Gasteiger partial charge in [0.15, 0.2) is 0 Å².